The van der Waals surface area contributed by atoms with Crippen molar-refractivity contribution in [3.63, 3.8) is 0 Å². The molecule has 16 heavy (non-hydrogen) atoms. The lowest BCUT2D eigenvalue weighted by Crippen LogP contribution is -2.10. The average molecular weight is 216 g/mol. The van der Waals surface area contributed by atoms with Crippen molar-refractivity contribution in [3.8, 4) is 0 Å². The molecule has 0 amide bonds. The van der Waals surface area contributed by atoms with Gasteiger partial charge in [0.15, 0.2) is 0 Å². The molecule has 0 fully saturated rings. The molecule has 0 spiro atoms. The maximum atomic E-state index is 3.52. The van der Waals surface area contributed by atoms with Crippen LogP contribution in [0.1, 0.15) is 22.4 Å². The van der Waals surface area contributed by atoms with E-state index in [0.29, 0.717) is 0 Å². The van der Waals surface area contributed by atoms with Gasteiger partial charge in [0.25, 0.3) is 0 Å². The summed E-state index contributed by atoms with van der Waals surface area (Å²) in [7, 11) is 2.00. The van der Waals surface area contributed by atoms with Crippen molar-refractivity contribution in [2.75, 3.05) is 13.6 Å². The van der Waals surface area contributed by atoms with Crippen molar-refractivity contribution in [1.29, 1.82) is 0 Å². The molecule has 1 aromatic carbocycles. The first-order valence-corrected chi connectivity index (χ1v) is 5.87. The molecule has 0 aliphatic rings. The SMILES string of the molecule is CNCCc1c(C)[nH]c2c(C)c(C)ccc12. The van der Waals surface area contributed by atoms with Crippen LogP contribution in [0.3, 0.4) is 0 Å². The molecule has 2 rings (SSSR count). The number of hydrogen-bond acceptors (Lipinski definition) is 1. The van der Waals surface area contributed by atoms with Crippen LogP contribution in [0, 0.1) is 20.8 Å². The standard InChI is InChI=1S/C14H20N2/c1-9-5-6-13-12(7-8-15-4)11(3)16-14(13)10(9)2/h5-6,15-16H,7-8H2,1-4H3. The van der Waals surface area contributed by atoms with Crippen molar-refractivity contribution < 1.29 is 0 Å². The fourth-order valence-electron chi connectivity index (χ4n) is 2.27. The number of aryl methyl sites for hydroxylation is 3. The summed E-state index contributed by atoms with van der Waals surface area (Å²) in [5.74, 6) is 0. The molecule has 0 saturated heterocycles. The number of fused-ring (bicyclic) bond motifs is 1. The molecule has 0 bridgehead atoms. The molecule has 2 nitrogen and oxygen atoms in total. The van der Waals surface area contributed by atoms with Crippen LogP contribution in [-0.2, 0) is 6.42 Å². The maximum Gasteiger partial charge on any atom is 0.0491 e. The predicted molar refractivity (Wildman–Crippen MR) is 70.1 cm³/mol. The second kappa shape index (κ2) is 4.30. The average Bonchev–Trinajstić information content (AvgIpc) is 2.58. The first kappa shape index (κ1) is 11.2. The minimum absolute atomic E-state index is 1.03. The van der Waals surface area contributed by atoms with Crippen LogP contribution in [-0.4, -0.2) is 18.6 Å². The Balaban J connectivity index is 2.58. The highest BCUT2D eigenvalue weighted by molar-refractivity contribution is 5.88. The van der Waals surface area contributed by atoms with Crippen molar-refractivity contribution >= 4 is 10.9 Å². The van der Waals surface area contributed by atoms with Gasteiger partial charge < -0.3 is 10.3 Å². The van der Waals surface area contributed by atoms with Crippen LogP contribution in [0.5, 0.6) is 0 Å². The van der Waals surface area contributed by atoms with E-state index in [1.165, 1.54) is 33.3 Å². The number of benzene rings is 1. The molecule has 86 valence electrons. The Labute approximate surface area is 97.1 Å². The Bertz CT molecular complexity index is 509. The molecule has 0 atom stereocenters. The Hall–Kier alpha value is -1.28. The third-order valence-electron chi connectivity index (χ3n) is 3.45. The molecule has 0 radical (unpaired) electrons. The van der Waals surface area contributed by atoms with Crippen LogP contribution in [0.4, 0.5) is 0 Å². The van der Waals surface area contributed by atoms with Crippen LogP contribution in [0.2, 0.25) is 0 Å². The van der Waals surface area contributed by atoms with Gasteiger partial charge in [-0.15, -0.1) is 0 Å². The van der Waals surface area contributed by atoms with E-state index in [2.05, 4.69) is 43.2 Å². The first-order valence-electron chi connectivity index (χ1n) is 5.87. The molecule has 1 heterocycles. The van der Waals surface area contributed by atoms with Gasteiger partial charge in [0.2, 0.25) is 0 Å². The van der Waals surface area contributed by atoms with E-state index in [4.69, 9.17) is 0 Å². The number of nitrogens with one attached hydrogen (secondary N) is 2. The molecular weight excluding hydrogens is 196 g/mol. The molecule has 2 heteroatoms. The Morgan fingerprint density at radius 1 is 1.19 bits per heavy atom. The van der Waals surface area contributed by atoms with Gasteiger partial charge in [-0.05, 0) is 57.5 Å². The number of rotatable bonds is 3. The lowest BCUT2D eigenvalue weighted by atomic mass is 10.0. The number of aromatic nitrogens is 1. The number of aromatic amines is 1. The van der Waals surface area contributed by atoms with Crippen molar-refractivity contribution in [3.05, 3.63) is 34.5 Å². The van der Waals surface area contributed by atoms with E-state index in [1.54, 1.807) is 0 Å². The van der Waals surface area contributed by atoms with Crippen LogP contribution >= 0.6 is 0 Å². The van der Waals surface area contributed by atoms with E-state index < -0.39 is 0 Å². The third-order valence-corrected chi connectivity index (χ3v) is 3.45. The van der Waals surface area contributed by atoms with Crippen LogP contribution in [0.15, 0.2) is 12.1 Å². The smallest absolute Gasteiger partial charge is 0.0491 e. The second-order valence-electron chi connectivity index (χ2n) is 4.51. The van der Waals surface area contributed by atoms with Gasteiger partial charge in [-0.2, -0.15) is 0 Å². The van der Waals surface area contributed by atoms with Crippen molar-refractivity contribution in [1.82, 2.24) is 10.3 Å². The molecule has 0 unspecified atom stereocenters. The summed E-state index contributed by atoms with van der Waals surface area (Å²) in [6, 6.07) is 4.46. The summed E-state index contributed by atoms with van der Waals surface area (Å²) < 4.78 is 0. The zero-order valence-corrected chi connectivity index (χ0v) is 10.6. The zero-order chi connectivity index (χ0) is 11.7. The predicted octanol–water partition coefficient (Wildman–Crippen LogP) is 2.86. The highest BCUT2D eigenvalue weighted by atomic mass is 14.8. The summed E-state index contributed by atoms with van der Waals surface area (Å²) >= 11 is 0. The summed E-state index contributed by atoms with van der Waals surface area (Å²) in [6.07, 6.45) is 1.09. The zero-order valence-electron chi connectivity index (χ0n) is 10.6. The van der Waals surface area contributed by atoms with Gasteiger partial charge in [-0.1, -0.05) is 12.1 Å². The Morgan fingerprint density at radius 3 is 2.62 bits per heavy atom. The summed E-state index contributed by atoms with van der Waals surface area (Å²) in [6.45, 7) is 7.55. The van der Waals surface area contributed by atoms with Gasteiger partial charge in [0, 0.05) is 16.6 Å². The van der Waals surface area contributed by atoms with Gasteiger partial charge in [-0.3, -0.25) is 0 Å². The quantitative estimate of drug-likeness (QED) is 0.811. The van der Waals surface area contributed by atoms with E-state index in [1.807, 2.05) is 7.05 Å². The van der Waals surface area contributed by atoms with Gasteiger partial charge in [0.1, 0.15) is 0 Å². The maximum absolute atomic E-state index is 3.52. The third kappa shape index (κ3) is 1.74. The molecule has 2 N–H and O–H groups in total. The first-order chi connectivity index (χ1) is 7.65. The van der Waals surface area contributed by atoms with E-state index >= 15 is 0 Å². The molecule has 2 aromatic rings. The molecule has 0 saturated carbocycles. The Morgan fingerprint density at radius 2 is 1.94 bits per heavy atom. The normalized spacial score (nSPS) is 11.2. The lowest BCUT2D eigenvalue weighted by molar-refractivity contribution is 0.791. The molecular formula is C14H20N2. The lowest BCUT2D eigenvalue weighted by Gasteiger charge is -2.03. The largest absolute Gasteiger partial charge is 0.358 e. The van der Waals surface area contributed by atoms with Crippen molar-refractivity contribution in [2.24, 2.45) is 0 Å². The number of hydrogen-bond donors (Lipinski definition) is 2. The van der Waals surface area contributed by atoms with Gasteiger partial charge in [-0.25, -0.2) is 0 Å². The summed E-state index contributed by atoms with van der Waals surface area (Å²) in [5.41, 5.74) is 6.79. The molecule has 0 aliphatic carbocycles. The highest BCUT2D eigenvalue weighted by Gasteiger charge is 2.10. The monoisotopic (exact) mass is 216 g/mol. The number of likely N-dealkylation sites (N-methyl/N-ethyl adjacent to an activating group) is 1. The minimum Gasteiger partial charge on any atom is -0.358 e. The topological polar surface area (TPSA) is 27.8 Å². The fourth-order valence-corrected chi connectivity index (χ4v) is 2.27. The van der Waals surface area contributed by atoms with E-state index in [0.717, 1.165) is 13.0 Å². The van der Waals surface area contributed by atoms with E-state index in [-0.39, 0.29) is 0 Å². The van der Waals surface area contributed by atoms with Crippen LogP contribution < -0.4 is 5.32 Å². The summed E-state index contributed by atoms with van der Waals surface area (Å²) in [5, 5.41) is 4.60. The summed E-state index contributed by atoms with van der Waals surface area (Å²) in [4.78, 5) is 3.52. The van der Waals surface area contributed by atoms with Crippen molar-refractivity contribution in [2.45, 2.75) is 27.2 Å². The van der Waals surface area contributed by atoms with Gasteiger partial charge in [0.05, 0.1) is 0 Å². The number of H-pyrrole nitrogens is 1. The van der Waals surface area contributed by atoms with Crippen LogP contribution in [0.25, 0.3) is 10.9 Å². The van der Waals surface area contributed by atoms with E-state index in [9.17, 15) is 0 Å². The Kier molecular flexibility index (Phi) is 3.01. The highest BCUT2D eigenvalue weighted by Crippen LogP contribution is 2.26. The minimum atomic E-state index is 1.03. The molecule has 1 aromatic heterocycles. The fraction of sp³-hybridized carbons (Fsp3) is 0.429. The van der Waals surface area contributed by atoms with Gasteiger partial charge >= 0.3 is 0 Å². The molecule has 0 aliphatic heterocycles. The second-order valence-corrected chi connectivity index (χ2v) is 4.51.